The van der Waals surface area contributed by atoms with Crippen LogP contribution in [0.3, 0.4) is 0 Å². The Morgan fingerprint density at radius 2 is 2.11 bits per heavy atom. The van der Waals surface area contributed by atoms with Gasteiger partial charge in [-0.05, 0) is 45.2 Å². The van der Waals surface area contributed by atoms with Gasteiger partial charge in [0.1, 0.15) is 0 Å². The fourth-order valence-corrected chi connectivity index (χ4v) is 3.68. The van der Waals surface area contributed by atoms with E-state index in [0.717, 1.165) is 19.3 Å². The van der Waals surface area contributed by atoms with Crippen molar-refractivity contribution in [2.75, 3.05) is 26.7 Å². The Bertz CT molecular complexity index is 749. The third-order valence-electron chi connectivity index (χ3n) is 4.95. The van der Waals surface area contributed by atoms with Crippen molar-refractivity contribution in [2.24, 2.45) is 0 Å². The van der Waals surface area contributed by atoms with Crippen molar-refractivity contribution in [1.82, 2.24) is 19.9 Å². The van der Waals surface area contributed by atoms with E-state index < -0.39 is 5.60 Å². The Hall–Kier alpha value is -2.25. The van der Waals surface area contributed by atoms with Gasteiger partial charge in [-0.15, -0.1) is 0 Å². The number of nitrogens with zero attached hydrogens (tertiary/aromatic N) is 4. The van der Waals surface area contributed by atoms with Gasteiger partial charge in [0.2, 0.25) is 5.89 Å². The highest BCUT2D eigenvalue weighted by Gasteiger charge is 2.42. The molecule has 1 atom stereocenters. The number of carbonyl (C=O) groups is 1. The molecule has 0 radical (unpaired) electrons. The quantitative estimate of drug-likeness (QED) is 0.761. The van der Waals surface area contributed by atoms with Gasteiger partial charge < -0.3 is 14.5 Å². The Labute approximate surface area is 160 Å². The lowest BCUT2D eigenvalue weighted by atomic mass is 9.91. The molecule has 1 aromatic heterocycles. The van der Waals surface area contributed by atoms with Gasteiger partial charge in [0.25, 0.3) is 5.91 Å². The van der Waals surface area contributed by atoms with Crippen molar-refractivity contribution in [1.29, 1.82) is 0 Å². The minimum atomic E-state index is -1.35. The van der Waals surface area contributed by atoms with Gasteiger partial charge in [0.05, 0.1) is 6.54 Å². The first-order chi connectivity index (χ1) is 13.0. The fraction of sp³-hybridized carbons (Fsp3) is 0.550. The van der Waals surface area contributed by atoms with Gasteiger partial charge in [0.15, 0.2) is 11.4 Å². The summed E-state index contributed by atoms with van der Waals surface area (Å²) in [5.41, 5.74) is -0.0822. The number of aryl methyl sites for hydroxylation is 2. The molecule has 7 heteroatoms. The van der Waals surface area contributed by atoms with Crippen molar-refractivity contribution in [3.05, 3.63) is 47.6 Å². The molecule has 1 aromatic carbocycles. The number of rotatable bonds is 8. The summed E-state index contributed by atoms with van der Waals surface area (Å²) in [6.45, 7) is 3.80. The lowest BCUT2D eigenvalue weighted by Crippen LogP contribution is -2.58. The molecule has 0 saturated carbocycles. The number of benzene rings is 1. The third kappa shape index (κ3) is 5.14. The average Bonchev–Trinajstić information content (AvgIpc) is 3.04. The second-order valence-corrected chi connectivity index (χ2v) is 7.42. The van der Waals surface area contributed by atoms with E-state index in [2.05, 4.69) is 22.3 Å². The molecule has 2 aromatic rings. The smallest absolute Gasteiger partial charge is 0.255 e. The highest BCUT2D eigenvalue weighted by atomic mass is 16.5. The van der Waals surface area contributed by atoms with E-state index in [1.165, 1.54) is 5.56 Å². The van der Waals surface area contributed by atoms with E-state index in [1.54, 1.807) is 11.8 Å². The molecule has 1 amide bonds. The van der Waals surface area contributed by atoms with Gasteiger partial charge in [-0.2, -0.15) is 4.98 Å². The first-order valence-corrected chi connectivity index (χ1v) is 9.50. The molecule has 1 aliphatic rings. The van der Waals surface area contributed by atoms with Crippen LogP contribution in [-0.4, -0.2) is 63.2 Å². The van der Waals surface area contributed by atoms with Crippen molar-refractivity contribution < 1.29 is 14.4 Å². The SMILES string of the molecule is Cc1noc(CN(C)C[C@@]2(O)CCCN(CCCc3ccccc3)C2=O)n1. The topological polar surface area (TPSA) is 82.7 Å². The van der Waals surface area contributed by atoms with E-state index in [1.807, 2.05) is 30.1 Å². The molecule has 1 aliphatic heterocycles. The van der Waals surface area contributed by atoms with E-state index >= 15 is 0 Å². The van der Waals surface area contributed by atoms with Crippen LogP contribution in [-0.2, 0) is 17.8 Å². The predicted octanol–water partition coefficient (Wildman–Crippen LogP) is 1.80. The predicted molar refractivity (Wildman–Crippen MR) is 101 cm³/mol. The Morgan fingerprint density at radius 3 is 2.81 bits per heavy atom. The number of aromatic nitrogens is 2. The number of amides is 1. The zero-order valence-corrected chi connectivity index (χ0v) is 16.1. The van der Waals surface area contributed by atoms with Crippen LogP contribution >= 0.6 is 0 Å². The summed E-state index contributed by atoms with van der Waals surface area (Å²) < 4.78 is 5.12. The summed E-state index contributed by atoms with van der Waals surface area (Å²) in [4.78, 5) is 20.7. The molecule has 3 rings (SSSR count). The Kier molecular flexibility index (Phi) is 6.23. The van der Waals surface area contributed by atoms with E-state index in [9.17, 15) is 9.90 Å². The highest BCUT2D eigenvalue weighted by Crippen LogP contribution is 2.24. The maximum Gasteiger partial charge on any atom is 0.255 e. The van der Waals surface area contributed by atoms with Gasteiger partial charge in [-0.1, -0.05) is 35.5 Å². The zero-order chi connectivity index (χ0) is 19.3. The maximum absolute atomic E-state index is 12.9. The molecule has 0 unspecified atom stereocenters. The number of likely N-dealkylation sites (N-methyl/N-ethyl adjacent to an activating group) is 1. The van der Waals surface area contributed by atoms with E-state index in [4.69, 9.17) is 4.52 Å². The largest absolute Gasteiger partial charge is 0.379 e. The van der Waals surface area contributed by atoms with Crippen LogP contribution in [0.25, 0.3) is 0 Å². The molecule has 7 nitrogen and oxygen atoms in total. The highest BCUT2D eigenvalue weighted by molar-refractivity contribution is 5.86. The lowest BCUT2D eigenvalue weighted by molar-refractivity contribution is -0.159. The van der Waals surface area contributed by atoms with Crippen molar-refractivity contribution in [2.45, 2.75) is 44.8 Å². The summed E-state index contributed by atoms with van der Waals surface area (Å²) in [5.74, 6) is 0.896. The molecular formula is C20H28N4O3. The van der Waals surface area contributed by atoms with Crippen LogP contribution in [0.1, 0.15) is 36.5 Å². The monoisotopic (exact) mass is 372 g/mol. The van der Waals surface area contributed by atoms with Crippen molar-refractivity contribution in [3.8, 4) is 0 Å². The number of aliphatic hydroxyl groups is 1. The molecule has 1 fully saturated rings. The standard InChI is InChI=1S/C20H28N4O3/c1-16-21-18(27-22-16)14-23(2)15-20(26)11-7-13-24(19(20)25)12-6-10-17-8-4-3-5-9-17/h3-5,8-9,26H,6-7,10-15H2,1-2H3/t20-/m0/s1. The number of hydrogen-bond donors (Lipinski definition) is 1. The minimum absolute atomic E-state index is 0.171. The minimum Gasteiger partial charge on any atom is -0.379 e. The van der Waals surface area contributed by atoms with Gasteiger partial charge in [-0.25, -0.2) is 0 Å². The molecule has 0 bridgehead atoms. The van der Waals surface area contributed by atoms with Crippen molar-refractivity contribution in [3.63, 3.8) is 0 Å². The summed E-state index contributed by atoms with van der Waals surface area (Å²) in [7, 11) is 1.85. The van der Waals surface area contributed by atoms with Gasteiger partial charge in [0, 0.05) is 19.6 Å². The number of carbonyl (C=O) groups excluding carboxylic acids is 1. The van der Waals surface area contributed by atoms with Crippen LogP contribution < -0.4 is 0 Å². The maximum atomic E-state index is 12.9. The Morgan fingerprint density at radius 1 is 1.33 bits per heavy atom. The molecule has 0 spiro atoms. The Balaban J connectivity index is 1.52. The normalized spacial score (nSPS) is 20.4. The second kappa shape index (κ2) is 8.63. The van der Waals surface area contributed by atoms with Crippen LogP contribution in [0.5, 0.6) is 0 Å². The second-order valence-electron chi connectivity index (χ2n) is 7.42. The first-order valence-electron chi connectivity index (χ1n) is 9.50. The number of piperidine rings is 1. The van der Waals surface area contributed by atoms with Crippen LogP contribution in [0.15, 0.2) is 34.9 Å². The zero-order valence-electron chi connectivity index (χ0n) is 16.1. The van der Waals surface area contributed by atoms with Crippen molar-refractivity contribution >= 4 is 5.91 Å². The molecule has 1 saturated heterocycles. The van der Waals surface area contributed by atoms with Gasteiger partial charge in [-0.3, -0.25) is 9.69 Å². The number of hydrogen-bond acceptors (Lipinski definition) is 6. The first kappa shape index (κ1) is 19.5. The molecule has 146 valence electrons. The molecule has 2 heterocycles. The lowest BCUT2D eigenvalue weighted by Gasteiger charge is -2.40. The summed E-state index contributed by atoms with van der Waals surface area (Å²) >= 11 is 0. The van der Waals surface area contributed by atoms with Crippen LogP contribution in [0, 0.1) is 6.92 Å². The van der Waals surface area contributed by atoms with E-state index in [-0.39, 0.29) is 12.5 Å². The molecule has 0 aliphatic carbocycles. The molecule has 1 N–H and O–H groups in total. The summed E-state index contributed by atoms with van der Waals surface area (Å²) in [6, 6.07) is 10.3. The number of likely N-dealkylation sites (tertiary alicyclic amines) is 1. The van der Waals surface area contributed by atoms with Gasteiger partial charge >= 0.3 is 0 Å². The van der Waals surface area contributed by atoms with E-state index in [0.29, 0.717) is 37.8 Å². The molecule has 27 heavy (non-hydrogen) atoms. The summed E-state index contributed by atoms with van der Waals surface area (Å²) in [6.07, 6.45) is 3.11. The fourth-order valence-electron chi connectivity index (χ4n) is 3.68. The van der Waals surface area contributed by atoms with Crippen LogP contribution in [0.4, 0.5) is 0 Å². The third-order valence-corrected chi connectivity index (χ3v) is 4.95. The molecular weight excluding hydrogens is 344 g/mol. The average molecular weight is 372 g/mol. The van der Waals surface area contributed by atoms with Crippen LogP contribution in [0.2, 0.25) is 0 Å². The summed E-state index contributed by atoms with van der Waals surface area (Å²) in [5, 5.41) is 14.7.